The molecule has 116 valence electrons. The van der Waals surface area contributed by atoms with Crippen LogP contribution in [0.4, 0.5) is 10.7 Å². The minimum atomic E-state index is -0.734. The maximum atomic E-state index is 11.8. The molecule has 2 N–H and O–H groups in total. The number of piperidine rings is 1. The van der Waals surface area contributed by atoms with E-state index in [0.29, 0.717) is 23.0 Å². The van der Waals surface area contributed by atoms with E-state index < -0.39 is 11.0 Å². The molecule has 1 aliphatic rings. The summed E-state index contributed by atoms with van der Waals surface area (Å²) in [7, 11) is 1.60. The molecule has 2 heterocycles. The molecule has 1 aromatic heterocycles. The number of anilines is 1. The Morgan fingerprint density at radius 1 is 1.67 bits per heavy atom. The predicted octanol–water partition coefficient (Wildman–Crippen LogP) is 1.67. The van der Waals surface area contributed by atoms with Crippen molar-refractivity contribution in [2.24, 2.45) is 5.92 Å². The van der Waals surface area contributed by atoms with Crippen molar-refractivity contribution in [1.29, 1.82) is 0 Å². The van der Waals surface area contributed by atoms with E-state index in [-0.39, 0.29) is 17.5 Å². The van der Waals surface area contributed by atoms with E-state index in [1.54, 1.807) is 14.0 Å². The van der Waals surface area contributed by atoms with E-state index in [1.807, 2.05) is 4.90 Å². The van der Waals surface area contributed by atoms with Crippen molar-refractivity contribution in [3.8, 4) is 0 Å². The predicted molar refractivity (Wildman–Crippen MR) is 80.6 cm³/mol. The van der Waals surface area contributed by atoms with Gasteiger partial charge in [-0.2, -0.15) is 0 Å². The van der Waals surface area contributed by atoms with Gasteiger partial charge in [-0.15, -0.1) is 11.3 Å². The number of aliphatic hydroxyl groups excluding tert-OH is 1. The largest absolute Gasteiger partial charge is 0.388 e. The summed E-state index contributed by atoms with van der Waals surface area (Å²) in [4.78, 5) is 25.0. The van der Waals surface area contributed by atoms with Gasteiger partial charge in [0.2, 0.25) is 5.91 Å². The zero-order chi connectivity index (χ0) is 15.6. The van der Waals surface area contributed by atoms with Crippen molar-refractivity contribution in [3.05, 3.63) is 21.1 Å². The summed E-state index contributed by atoms with van der Waals surface area (Å²) >= 11 is 1.23. The first-order chi connectivity index (χ1) is 9.93. The lowest BCUT2D eigenvalue weighted by Crippen LogP contribution is -2.42. The van der Waals surface area contributed by atoms with Crippen LogP contribution in [0.15, 0.2) is 6.07 Å². The maximum absolute atomic E-state index is 11.8. The highest BCUT2D eigenvalue weighted by molar-refractivity contribution is 7.16. The maximum Gasteiger partial charge on any atom is 0.304 e. The van der Waals surface area contributed by atoms with Crippen LogP contribution in [0.2, 0.25) is 0 Å². The van der Waals surface area contributed by atoms with Gasteiger partial charge >= 0.3 is 5.69 Å². The Bertz CT molecular complexity index is 544. The summed E-state index contributed by atoms with van der Waals surface area (Å²) in [5, 5.41) is 24.0. The van der Waals surface area contributed by atoms with Crippen LogP contribution < -0.4 is 10.2 Å². The number of carbonyl (C=O) groups excluding carboxylic acids is 1. The third-order valence-corrected chi connectivity index (χ3v) is 5.00. The molecule has 1 aromatic rings. The van der Waals surface area contributed by atoms with E-state index in [1.165, 1.54) is 17.4 Å². The van der Waals surface area contributed by atoms with E-state index in [0.717, 1.165) is 12.8 Å². The molecule has 1 saturated heterocycles. The molecule has 21 heavy (non-hydrogen) atoms. The number of hydrogen-bond acceptors (Lipinski definition) is 6. The Labute approximate surface area is 126 Å². The lowest BCUT2D eigenvalue weighted by Gasteiger charge is -2.31. The quantitative estimate of drug-likeness (QED) is 0.651. The number of nitrogens with one attached hydrogen (secondary N) is 1. The summed E-state index contributed by atoms with van der Waals surface area (Å²) in [6.45, 7) is 2.75. The van der Waals surface area contributed by atoms with Crippen LogP contribution in [0.1, 0.15) is 30.7 Å². The Morgan fingerprint density at radius 2 is 2.38 bits per heavy atom. The van der Waals surface area contributed by atoms with Gasteiger partial charge in [-0.3, -0.25) is 14.9 Å². The van der Waals surface area contributed by atoms with Crippen molar-refractivity contribution >= 4 is 27.9 Å². The number of amides is 1. The van der Waals surface area contributed by atoms with Crippen LogP contribution in [0.3, 0.4) is 0 Å². The van der Waals surface area contributed by atoms with Gasteiger partial charge in [-0.25, -0.2) is 0 Å². The molecule has 1 fully saturated rings. The number of hydrogen-bond donors (Lipinski definition) is 2. The second-order valence-electron chi connectivity index (χ2n) is 5.17. The smallest absolute Gasteiger partial charge is 0.304 e. The van der Waals surface area contributed by atoms with E-state index in [4.69, 9.17) is 0 Å². The first kappa shape index (κ1) is 15.7. The van der Waals surface area contributed by atoms with Crippen LogP contribution in [-0.2, 0) is 4.79 Å². The summed E-state index contributed by atoms with van der Waals surface area (Å²) in [6.07, 6.45) is 0.873. The minimum Gasteiger partial charge on any atom is -0.388 e. The van der Waals surface area contributed by atoms with Crippen LogP contribution in [0.5, 0.6) is 0 Å². The highest BCUT2D eigenvalue weighted by Crippen LogP contribution is 2.41. The van der Waals surface area contributed by atoms with Gasteiger partial charge in [0.15, 0.2) is 5.00 Å². The average molecular weight is 313 g/mol. The molecule has 8 heteroatoms. The number of carbonyl (C=O) groups is 1. The zero-order valence-electron chi connectivity index (χ0n) is 12.0. The standard InChI is InChI=1S/C13H19N3O4S/c1-8(17)11-6-10(16(19)20)13(21-11)15-5-3-4-9(7-15)12(18)14-2/h6,8-9,17H,3-5,7H2,1-2H3,(H,14,18)/t8-,9?/m0/s1. The van der Waals surface area contributed by atoms with Gasteiger partial charge in [0.1, 0.15) is 0 Å². The molecular weight excluding hydrogens is 294 g/mol. The fourth-order valence-corrected chi connectivity index (χ4v) is 3.63. The minimum absolute atomic E-state index is 0.00783. The number of rotatable bonds is 4. The second-order valence-corrected chi connectivity index (χ2v) is 6.23. The molecular formula is C13H19N3O4S. The van der Waals surface area contributed by atoms with Gasteiger partial charge in [0, 0.05) is 31.1 Å². The molecule has 0 aliphatic carbocycles. The summed E-state index contributed by atoms with van der Waals surface area (Å²) in [6, 6.07) is 1.42. The SMILES string of the molecule is CNC(=O)C1CCCN(c2sc([C@H](C)O)cc2[N+](=O)[O-])C1. The molecule has 1 amide bonds. The molecule has 1 aliphatic heterocycles. The monoisotopic (exact) mass is 313 g/mol. The van der Waals surface area contributed by atoms with Crippen molar-refractivity contribution in [2.75, 3.05) is 25.0 Å². The van der Waals surface area contributed by atoms with Gasteiger partial charge in [0.05, 0.1) is 16.9 Å². The Kier molecular flexibility index (Phi) is 4.79. The Balaban J connectivity index is 2.27. The summed E-state index contributed by atoms with van der Waals surface area (Å²) in [5.41, 5.74) is 0.00783. The van der Waals surface area contributed by atoms with E-state index in [2.05, 4.69) is 5.32 Å². The highest BCUT2D eigenvalue weighted by Gasteiger charge is 2.31. The highest BCUT2D eigenvalue weighted by atomic mass is 32.1. The lowest BCUT2D eigenvalue weighted by molar-refractivity contribution is -0.383. The summed E-state index contributed by atoms with van der Waals surface area (Å²) < 4.78 is 0. The number of thiophene rings is 1. The van der Waals surface area contributed by atoms with Crippen LogP contribution >= 0.6 is 11.3 Å². The topological polar surface area (TPSA) is 95.7 Å². The van der Waals surface area contributed by atoms with Gasteiger partial charge in [-0.1, -0.05) is 0 Å². The van der Waals surface area contributed by atoms with E-state index in [9.17, 15) is 20.0 Å². The first-order valence-electron chi connectivity index (χ1n) is 6.86. The molecule has 2 rings (SSSR count). The normalized spacial score (nSPS) is 20.1. The molecule has 2 atom stereocenters. The van der Waals surface area contributed by atoms with Gasteiger partial charge in [0.25, 0.3) is 0 Å². The number of nitrogens with zero attached hydrogens (tertiary/aromatic N) is 2. The van der Waals surface area contributed by atoms with Crippen molar-refractivity contribution in [2.45, 2.75) is 25.9 Å². The fraction of sp³-hybridized carbons (Fsp3) is 0.615. The number of nitro groups is 1. The van der Waals surface area contributed by atoms with Crippen molar-refractivity contribution < 1.29 is 14.8 Å². The zero-order valence-corrected chi connectivity index (χ0v) is 12.9. The lowest BCUT2D eigenvalue weighted by atomic mass is 9.97. The fourth-order valence-electron chi connectivity index (χ4n) is 2.53. The third-order valence-electron chi connectivity index (χ3n) is 3.65. The molecule has 0 bridgehead atoms. The third kappa shape index (κ3) is 3.33. The Morgan fingerprint density at radius 3 is 2.95 bits per heavy atom. The van der Waals surface area contributed by atoms with Crippen LogP contribution in [-0.4, -0.2) is 36.1 Å². The Hall–Kier alpha value is -1.67. The van der Waals surface area contributed by atoms with Crippen molar-refractivity contribution in [3.63, 3.8) is 0 Å². The molecule has 1 unspecified atom stereocenters. The first-order valence-corrected chi connectivity index (χ1v) is 7.68. The summed E-state index contributed by atoms with van der Waals surface area (Å²) in [5.74, 6) is -0.185. The molecule has 7 nitrogen and oxygen atoms in total. The van der Waals surface area contributed by atoms with E-state index >= 15 is 0 Å². The molecule has 0 aromatic carbocycles. The molecule has 0 radical (unpaired) electrons. The molecule has 0 spiro atoms. The average Bonchev–Trinajstić information content (AvgIpc) is 2.92. The van der Waals surface area contributed by atoms with Crippen LogP contribution in [0, 0.1) is 16.0 Å². The van der Waals surface area contributed by atoms with Crippen LogP contribution in [0.25, 0.3) is 0 Å². The van der Waals surface area contributed by atoms with Gasteiger partial charge in [-0.05, 0) is 19.8 Å². The molecule has 0 saturated carbocycles. The second kappa shape index (κ2) is 6.40. The van der Waals surface area contributed by atoms with Crippen molar-refractivity contribution in [1.82, 2.24) is 5.32 Å². The van der Waals surface area contributed by atoms with Gasteiger partial charge < -0.3 is 15.3 Å². The number of aliphatic hydroxyl groups is 1.